The molecule has 1 aromatic heterocycles. The monoisotopic (exact) mass is 316 g/mol. The summed E-state index contributed by atoms with van der Waals surface area (Å²) < 4.78 is 0. The van der Waals surface area contributed by atoms with Crippen LogP contribution in [0.2, 0.25) is 0 Å². The van der Waals surface area contributed by atoms with E-state index in [1.54, 1.807) is 6.07 Å². The number of fused-ring (bicyclic) bond motifs is 1. The fraction of sp³-hybridized carbons (Fsp3) is 0.444. The van der Waals surface area contributed by atoms with E-state index in [2.05, 4.69) is 31.1 Å². The predicted octanol–water partition coefficient (Wildman–Crippen LogP) is 1.98. The molecule has 2 aromatic rings. The maximum Gasteiger partial charge on any atom is 0.252 e. The minimum Gasteiger partial charge on any atom is -0.394 e. The van der Waals surface area contributed by atoms with E-state index in [0.29, 0.717) is 12.0 Å². The third-order valence-electron chi connectivity index (χ3n) is 3.63. The molecule has 1 aromatic carbocycles. The standard InChI is InChI=1S/C18H24N2O3/c1-18(2,3)10-14(11-21)19-16(22)9-13-8-12-6-4-5-7-15(12)20-17(13)23/h4-8,14,21H,9-11H2,1-3H3,(H,19,22)(H,20,23). The van der Waals surface area contributed by atoms with Crippen LogP contribution in [0.3, 0.4) is 0 Å². The molecule has 0 radical (unpaired) electrons. The summed E-state index contributed by atoms with van der Waals surface area (Å²) in [6.07, 6.45) is 0.671. The molecule has 0 aliphatic carbocycles. The number of para-hydroxylation sites is 1. The van der Waals surface area contributed by atoms with Crippen LogP contribution in [0.5, 0.6) is 0 Å². The number of aliphatic hydroxyl groups is 1. The van der Waals surface area contributed by atoms with Crippen LogP contribution in [-0.2, 0) is 11.2 Å². The third kappa shape index (κ3) is 4.93. The molecule has 5 heteroatoms. The number of benzene rings is 1. The van der Waals surface area contributed by atoms with Gasteiger partial charge in [0.15, 0.2) is 0 Å². The second kappa shape index (κ2) is 6.96. The molecule has 2 rings (SSSR count). The largest absolute Gasteiger partial charge is 0.394 e. The van der Waals surface area contributed by atoms with Gasteiger partial charge in [-0.2, -0.15) is 0 Å². The SMILES string of the molecule is CC(C)(C)CC(CO)NC(=O)Cc1cc2ccccc2[nH]c1=O. The third-order valence-corrected chi connectivity index (χ3v) is 3.63. The normalized spacial score (nSPS) is 13.0. The highest BCUT2D eigenvalue weighted by molar-refractivity contribution is 5.82. The van der Waals surface area contributed by atoms with Gasteiger partial charge in [0.2, 0.25) is 5.91 Å². The molecule has 5 nitrogen and oxygen atoms in total. The summed E-state index contributed by atoms with van der Waals surface area (Å²) in [6, 6.07) is 8.89. The highest BCUT2D eigenvalue weighted by atomic mass is 16.3. The summed E-state index contributed by atoms with van der Waals surface area (Å²) in [5.74, 6) is -0.255. The van der Waals surface area contributed by atoms with Gasteiger partial charge in [-0.3, -0.25) is 9.59 Å². The summed E-state index contributed by atoms with van der Waals surface area (Å²) in [6.45, 7) is 6.04. The van der Waals surface area contributed by atoms with Crippen LogP contribution in [0.1, 0.15) is 32.8 Å². The number of H-pyrrole nitrogens is 1. The summed E-state index contributed by atoms with van der Waals surface area (Å²) in [5, 5.41) is 13.1. The maximum atomic E-state index is 12.2. The summed E-state index contributed by atoms with van der Waals surface area (Å²) in [5.41, 5.74) is 0.924. The predicted molar refractivity (Wildman–Crippen MR) is 91.4 cm³/mol. The van der Waals surface area contributed by atoms with Crippen molar-refractivity contribution < 1.29 is 9.90 Å². The number of aromatic amines is 1. The molecule has 23 heavy (non-hydrogen) atoms. The van der Waals surface area contributed by atoms with Crippen molar-refractivity contribution in [3.63, 3.8) is 0 Å². The van der Waals surface area contributed by atoms with E-state index in [1.165, 1.54) is 0 Å². The number of hydrogen-bond donors (Lipinski definition) is 3. The van der Waals surface area contributed by atoms with Gasteiger partial charge in [0.25, 0.3) is 5.56 Å². The van der Waals surface area contributed by atoms with E-state index in [9.17, 15) is 14.7 Å². The molecule has 0 saturated carbocycles. The zero-order valence-electron chi connectivity index (χ0n) is 13.8. The van der Waals surface area contributed by atoms with Crippen molar-refractivity contribution in [2.45, 2.75) is 39.7 Å². The molecule has 0 fully saturated rings. The van der Waals surface area contributed by atoms with Gasteiger partial charge < -0.3 is 15.4 Å². The molecule has 0 bridgehead atoms. The van der Waals surface area contributed by atoms with Crippen molar-refractivity contribution in [2.75, 3.05) is 6.61 Å². The number of rotatable bonds is 5. The number of carbonyl (C=O) groups excluding carboxylic acids is 1. The van der Waals surface area contributed by atoms with E-state index in [0.717, 1.165) is 10.9 Å². The average Bonchev–Trinajstić information content (AvgIpc) is 2.46. The number of amides is 1. The lowest BCUT2D eigenvalue weighted by atomic mass is 9.88. The molecule has 1 heterocycles. The topological polar surface area (TPSA) is 82.2 Å². The van der Waals surface area contributed by atoms with Crippen LogP contribution in [0.4, 0.5) is 0 Å². The Morgan fingerprint density at radius 1 is 1.30 bits per heavy atom. The summed E-state index contributed by atoms with van der Waals surface area (Å²) in [7, 11) is 0. The Morgan fingerprint density at radius 2 is 2.00 bits per heavy atom. The fourth-order valence-electron chi connectivity index (χ4n) is 2.68. The van der Waals surface area contributed by atoms with Crippen LogP contribution in [-0.4, -0.2) is 28.6 Å². The van der Waals surface area contributed by atoms with Gasteiger partial charge in [-0.25, -0.2) is 0 Å². The molecule has 1 atom stereocenters. The smallest absolute Gasteiger partial charge is 0.252 e. The Balaban J connectivity index is 2.10. The number of carbonyl (C=O) groups is 1. The molecule has 0 saturated heterocycles. The lowest BCUT2D eigenvalue weighted by Gasteiger charge is -2.25. The Kier molecular flexibility index (Phi) is 5.21. The van der Waals surface area contributed by atoms with Crippen molar-refractivity contribution in [1.29, 1.82) is 0 Å². The summed E-state index contributed by atoms with van der Waals surface area (Å²) in [4.78, 5) is 27.0. The van der Waals surface area contributed by atoms with Crippen molar-refractivity contribution in [3.05, 3.63) is 46.2 Å². The second-order valence-corrected chi connectivity index (χ2v) is 7.10. The van der Waals surface area contributed by atoms with Crippen LogP contribution in [0.25, 0.3) is 10.9 Å². The zero-order valence-corrected chi connectivity index (χ0v) is 13.8. The van der Waals surface area contributed by atoms with Crippen molar-refractivity contribution in [3.8, 4) is 0 Å². The first-order valence-electron chi connectivity index (χ1n) is 7.80. The van der Waals surface area contributed by atoms with Gasteiger partial charge in [0, 0.05) is 11.1 Å². The minimum atomic E-state index is -0.304. The van der Waals surface area contributed by atoms with Crippen LogP contribution in [0, 0.1) is 5.41 Å². The highest BCUT2D eigenvalue weighted by Crippen LogP contribution is 2.20. The Bertz CT molecular complexity index is 744. The minimum absolute atomic E-state index is 0.000804. The lowest BCUT2D eigenvalue weighted by Crippen LogP contribution is -2.41. The molecule has 0 spiro atoms. The van der Waals surface area contributed by atoms with Gasteiger partial charge in [-0.15, -0.1) is 0 Å². The number of aliphatic hydroxyl groups excluding tert-OH is 1. The van der Waals surface area contributed by atoms with E-state index in [-0.39, 0.29) is 36.0 Å². The van der Waals surface area contributed by atoms with E-state index in [4.69, 9.17) is 0 Å². The molecular formula is C18H24N2O3. The van der Waals surface area contributed by atoms with Crippen LogP contribution < -0.4 is 10.9 Å². The fourth-order valence-corrected chi connectivity index (χ4v) is 2.68. The Labute approximate surface area is 135 Å². The summed E-state index contributed by atoms with van der Waals surface area (Å²) >= 11 is 0. The number of nitrogens with one attached hydrogen (secondary N) is 2. The number of pyridine rings is 1. The number of aromatic nitrogens is 1. The van der Waals surface area contributed by atoms with Gasteiger partial charge in [0.1, 0.15) is 0 Å². The van der Waals surface area contributed by atoms with E-state index >= 15 is 0 Å². The van der Waals surface area contributed by atoms with E-state index in [1.807, 2.05) is 24.3 Å². The maximum absolute atomic E-state index is 12.2. The second-order valence-electron chi connectivity index (χ2n) is 7.10. The van der Waals surface area contributed by atoms with Gasteiger partial charge in [0.05, 0.1) is 19.1 Å². The van der Waals surface area contributed by atoms with E-state index < -0.39 is 0 Å². The van der Waals surface area contributed by atoms with Crippen molar-refractivity contribution in [1.82, 2.24) is 10.3 Å². The number of hydrogen-bond acceptors (Lipinski definition) is 3. The van der Waals surface area contributed by atoms with Crippen LogP contribution >= 0.6 is 0 Å². The average molecular weight is 316 g/mol. The molecule has 1 amide bonds. The Morgan fingerprint density at radius 3 is 2.65 bits per heavy atom. The Hall–Kier alpha value is -2.14. The van der Waals surface area contributed by atoms with Crippen molar-refractivity contribution >= 4 is 16.8 Å². The molecule has 0 aliphatic rings. The highest BCUT2D eigenvalue weighted by Gasteiger charge is 2.20. The van der Waals surface area contributed by atoms with Crippen molar-refractivity contribution in [2.24, 2.45) is 5.41 Å². The molecular weight excluding hydrogens is 292 g/mol. The molecule has 0 aliphatic heterocycles. The first kappa shape index (κ1) is 17.2. The molecule has 124 valence electrons. The zero-order chi connectivity index (χ0) is 17.0. The lowest BCUT2D eigenvalue weighted by molar-refractivity contribution is -0.121. The first-order chi connectivity index (χ1) is 10.8. The van der Waals surface area contributed by atoms with Crippen LogP contribution in [0.15, 0.2) is 35.1 Å². The first-order valence-corrected chi connectivity index (χ1v) is 7.80. The van der Waals surface area contributed by atoms with Gasteiger partial charge >= 0.3 is 0 Å². The molecule has 3 N–H and O–H groups in total. The van der Waals surface area contributed by atoms with Gasteiger partial charge in [-0.05, 0) is 29.4 Å². The molecule has 1 unspecified atom stereocenters. The van der Waals surface area contributed by atoms with Gasteiger partial charge in [-0.1, -0.05) is 39.0 Å². The quantitative estimate of drug-likeness (QED) is 0.789.